The van der Waals surface area contributed by atoms with E-state index in [-0.39, 0.29) is 17.6 Å². The van der Waals surface area contributed by atoms with E-state index in [1.54, 1.807) is 30.3 Å². The average molecular weight is 481 g/mol. The number of halogens is 2. The number of anilines is 1. The first-order valence-corrected chi connectivity index (χ1v) is 9.96. The summed E-state index contributed by atoms with van der Waals surface area (Å²) >= 11 is 3.12. The van der Waals surface area contributed by atoms with Gasteiger partial charge in [-0.1, -0.05) is 41.9 Å². The number of carbonyl (C=O) groups is 3. The minimum Gasteiger partial charge on any atom is -0.479 e. The van der Waals surface area contributed by atoms with Crippen LogP contribution >= 0.6 is 15.9 Å². The lowest BCUT2D eigenvalue weighted by Crippen LogP contribution is -2.29. The van der Waals surface area contributed by atoms with Crippen LogP contribution in [-0.4, -0.2) is 37.5 Å². The average Bonchev–Trinajstić information content (AvgIpc) is 2.70. The molecule has 2 aromatic rings. The van der Waals surface area contributed by atoms with E-state index in [0.717, 1.165) is 0 Å². The maximum Gasteiger partial charge on any atom is 0.344 e. The predicted molar refractivity (Wildman–Crippen MR) is 113 cm³/mol. The van der Waals surface area contributed by atoms with Gasteiger partial charge in [0.25, 0.3) is 11.8 Å². The molecule has 0 aliphatic carbocycles. The number of amides is 2. The van der Waals surface area contributed by atoms with Crippen molar-refractivity contribution in [1.29, 1.82) is 0 Å². The molecule has 0 aromatic heterocycles. The van der Waals surface area contributed by atoms with Crippen LogP contribution in [0.3, 0.4) is 0 Å². The molecule has 2 N–H and O–H groups in total. The van der Waals surface area contributed by atoms with E-state index in [2.05, 4.69) is 26.6 Å². The van der Waals surface area contributed by atoms with E-state index in [1.165, 1.54) is 12.1 Å². The van der Waals surface area contributed by atoms with Gasteiger partial charge in [0.05, 0.1) is 11.3 Å². The number of carbonyl (C=O) groups excluding carboxylic acids is 3. The summed E-state index contributed by atoms with van der Waals surface area (Å²) in [5, 5.41) is 5.32. The van der Waals surface area contributed by atoms with Crippen LogP contribution in [0.25, 0.3) is 0 Å². The van der Waals surface area contributed by atoms with Crippen LogP contribution in [0.1, 0.15) is 24.2 Å². The Morgan fingerprint density at radius 3 is 2.53 bits per heavy atom. The number of rotatable bonds is 9. The van der Waals surface area contributed by atoms with Gasteiger partial charge in [0.1, 0.15) is 0 Å². The Balaban J connectivity index is 1.84. The van der Waals surface area contributed by atoms with Crippen molar-refractivity contribution < 1.29 is 28.2 Å². The number of esters is 1. The Kier molecular flexibility index (Phi) is 8.79. The maximum absolute atomic E-state index is 13.7. The van der Waals surface area contributed by atoms with E-state index < -0.39 is 30.9 Å². The van der Waals surface area contributed by atoms with Crippen molar-refractivity contribution in [3.05, 3.63) is 58.3 Å². The second-order valence-corrected chi connectivity index (χ2v) is 7.64. The molecule has 0 aliphatic rings. The summed E-state index contributed by atoms with van der Waals surface area (Å²) < 4.78 is 24.1. The molecule has 30 heavy (non-hydrogen) atoms. The molecule has 0 fully saturated rings. The number of ether oxygens (including phenoxy) is 2. The van der Waals surface area contributed by atoms with Gasteiger partial charge in [-0.3, -0.25) is 9.59 Å². The van der Waals surface area contributed by atoms with E-state index in [1.807, 2.05) is 13.8 Å². The Hall–Kier alpha value is -2.94. The number of hydrogen-bond donors (Lipinski definition) is 2. The third kappa shape index (κ3) is 7.47. The fourth-order valence-corrected chi connectivity index (χ4v) is 2.62. The Labute approximate surface area is 182 Å². The third-order valence-electron chi connectivity index (χ3n) is 3.72. The SMILES string of the molecule is CC(C)CNC(=O)c1ccccc1NC(=O)COC(=O)COc1ccc(Br)cc1F. The molecule has 0 bridgehead atoms. The van der Waals surface area contributed by atoms with Crippen LogP contribution in [0.4, 0.5) is 10.1 Å². The number of benzene rings is 2. The maximum atomic E-state index is 13.7. The fraction of sp³-hybridized carbons (Fsp3) is 0.286. The second kappa shape index (κ2) is 11.3. The molecule has 0 radical (unpaired) electrons. The highest BCUT2D eigenvalue weighted by molar-refractivity contribution is 9.10. The molecule has 0 spiro atoms. The zero-order valence-corrected chi connectivity index (χ0v) is 18.1. The highest BCUT2D eigenvalue weighted by Crippen LogP contribution is 2.21. The van der Waals surface area contributed by atoms with E-state index in [0.29, 0.717) is 22.3 Å². The van der Waals surface area contributed by atoms with E-state index in [4.69, 9.17) is 9.47 Å². The standard InChI is InChI=1S/C21H22BrFN2O5/c1-13(2)10-24-21(28)15-5-3-4-6-17(15)25-19(26)11-30-20(27)12-29-18-8-7-14(22)9-16(18)23/h3-9,13H,10-12H2,1-2H3,(H,24,28)(H,25,26). The van der Waals surface area contributed by atoms with Gasteiger partial charge < -0.3 is 20.1 Å². The third-order valence-corrected chi connectivity index (χ3v) is 4.21. The van der Waals surface area contributed by atoms with Crippen molar-refractivity contribution in [1.82, 2.24) is 5.32 Å². The van der Waals surface area contributed by atoms with Crippen molar-refractivity contribution in [3.8, 4) is 5.75 Å². The Bertz CT molecular complexity index is 920. The molecular formula is C21H22BrFN2O5. The van der Waals surface area contributed by atoms with Gasteiger partial charge in [0.2, 0.25) is 0 Å². The highest BCUT2D eigenvalue weighted by atomic mass is 79.9. The van der Waals surface area contributed by atoms with Crippen molar-refractivity contribution in [2.24, 2.45) is 5.92 Å². The Morgan fingerprint density at radius 1 is 1.10 bits per heavy atom. The minimum atomic E-state index is -0.838. The van der Waals surface area contributed by atoms with Crippen LogP contribution in [0.2, 0.25) is 0 Å². The number of hydrogen-bond acceptors (Lipinski definition) is 5. The molecule has 0 saturated heterocycles. The molecule has 0 saturated carbocycles. The predicted octanol–water partition coefficient (Wildman–Crippen LogP) is 3.53. The molecule has 0 aliphatic heterocycles. The van der Waals surface area contributed by atoms with Crippen molar-refractivity contribution in [2.45, 2.75) is 13.8 Å². The van der Waals surface area contributed by atoms with Crippen LogP contribution in [0.15, 0.2) is 46.9 Å². The molecule has 9 heteroatoms. The van der Waals surface area contributed by atoms with Crippen LogP contribution in [0, 0.1) is 11.7 Å². The van der Waals surface area contributed by atoms with E-state index in [9.17, 15) is 18.8 Å². The van der Waals surface area contributed by atoms with Crippen molar-refractivity contribution in [2.75, 3.05) is 25.1 Å². The van der Waals surface area contributed by atoms with Crippen molar-refractivity contribution >= 4 is 39.4 Å². The lowest BCUT2D eigenvalue weighted by atomic mass is 10.1. The summed E-state index contributed by atoms with van der Waals surface area (Å²) in [5.74, 6) is -2.24. The van der Waals surface area contributed by atoms with Gasteiger partial charge in [0.15, 0.2) is 24.8 Å². The quantitative estimate of drug-likeness (QED) is 0.535. The summed E-state index contributed by atoms with van der Waals surface area (Å²) in [4.78, 5) is 36.1. The summed E-state index contributed by atoms with van der Waals surface area (Å²) in [5.41, 5.74) is 0.597. The Morgan fingerprint density at radius 2 is 1.83 bits per heavy atom. The van der Waals surface area contributed by atoms with Gasteiger partial charge in [-0.05, 0) is 36.2 Å². The zero-order chi connectivity index (χ0) is 22.1. The first kappa shape index (κ1) is 23.3. The molecule has 2 rings (SSSR count). The molecule has 0 unspecified atom stereocenters. The molecule has 160 valence electrons. The summed E-state index contributed by atoms with van der Waals surface area (Å²) in [7, 11) is 0. The van der Waals surface area contributed by atoms with Gasteiger partial charge in [-0.2, -0.15) is 0 Å². The summed E-state index contributed by atoms with van der Waals surface area (Å²) in [6.45, 7) is 3.30. The van der Waals surface area contributed by atoms with Crippen LogP contribution in [-0.2, 0) is 14.3 Å². The topological polar surface area (TPSA) is 93.7 Å². The largest absolute Gasteiger partial charge is 0.479 e. The van der Waals surface area contributed by atoms with Gasteiger partial charge in [0, 0.05) is 11.0 Å². The molecular weight excluding hydrogens is 459 g/mol. The minimum absolute atomic E-state index is 0.110. The molecule has 0 heterocycles. The van der Waals surface area contributed by atoms with Crippen LogP contribution in [0.5, 0.6) is 5.75 Å². The first-order chi connectivity index (χ1) is 14.3. The van der Waals surface area contributed by atoms with E-state index >= 15 is 0 Å². The summed E-state index contributed by atoms with van der Waals surface area (Å²) in [6.07, 6.45) is 0. The molecule has 2 amide bonds. The lowest BCUT2D eigenvalue weighted by Gasteiger charge is -2.13. The highest BCUT2D eigenvalue weighted by Gasteiger charge is 2.15. The number of nitrogens with one attached hydrogen (secondary N) is 2. The molecule has 0 atom stereocenters. The molecule has 2 aromatic carbocycles. The zero-order valence-electron chi connectivity index (χ0n) is 16.5. The van der Waals surface area contributed by atoms with Gasteiger partial charge in [-0.15, -0.1) is 0 Å². The van der Waals surface area contributed by atoms with Gasteiger partial charge in [-0.25, -0.2) is 9.18 Å². The number of para-hydroxylation sites is 1. The summed E-state index contributed by atoms with van der Waals surface area (Å²) in [6, 6.07) is 10.6. The normalized spacial score (nSPS) is 10.4. The lowest BCUT2D eigenvalue weighted by molar-refractivity contribution is -0.149. The van der Waals surface area contributed by atoms with Crippen molar-refractivity contribution in [3.63, 3.8) is 0 Å². The smallest absolute Gasteiger partial charge is 0.344 e. The second-order valence-electron chi connectivity index (χ2n) is 6.72. The molecule has 7 nitrogen and oxygen atoms in total. The fourth-order valence-electron chi connectivity index (χ4n) is 2.29. The van der Waals surface area contributed by atoms with Crippen LogP contribution < -0.4 is 15.4 Å². The first-order valence-electron chi connectivity index (χ1n) is 9.16. The van der Waals surface area contributed by atoms with Gasteiger partial charge >= 0.3 is 5.97 Å². The monoisotopic (exact) mass is 480 g/mol.